The van der Waals surface area contributed by atoms with E-state index in [0.29, 0.717) is 31.6 Å². The minimum absolute atomic E-state index is 0.0339. The summed E-state index contributed by atoms with van der Waals surface area (Å²) < 4.78 is 25.9. The van der Waals surface area contributed by atoms with E-state index >= 15 is 0 Å². The zero-order valence-electron chi connectivity index (χ0n) is 16.8. The molecule has 0 aliphatic rings. The van der Waals surface area contributed by atoms with Gasteiger partial charge >= 0.3 is 0 Å². The van der Waals surface area contributed by atoms with Gasteiger partial charge in [0.25, 0.3) is 0 Å². The van der Waals surface area contributed by atoms with Crippen LogP contribution in [0.2, 0.25) is 0 Å². The molecule has 1 amide bonds. The second kappa shape index (κ2) is 9.65. The SMILES string of the molecule is Cc1cc(C)cc(N(CCCC(=O)NCCSC(C)(C)C)S(C)(=O)=O)c1. The quantitative estimate of drug-likeness (QED) is 0.644. The predicted octanol–water partition coefficient (Wildman–Crippen LogP) is 3.50. The summed E-state index contributed by atoms with van der Waals surface area (Å²) in [7, 11) is -3.39. The minimum Gasteiger partial charge on any atom is -0.355 e. The number of hydrogen-bond donors (Lipinski definition) is 1. The Morgan fingerprint density at radius 3 is 2.23 bits per heavy atom. The van der Waals surface area contributed by atoms with E-state index in [-0.39, 0.29) is 10.7 Å². The third kappa shape index (κ3) is 8.94. The summed E-state index contributed by atoms with van der Waals surface area (Å²) in [5.74, 6) is 0.834. The summed E-state index contributed by atoms with van der Waals surface area (Å²) in [5.41, 5.74) is 2.69. The number of aryl methyl sites for hydroxylation is 2. The lowest BCUT2D eigenvalue weighted by atomic mass is 10.1. The summed E-state index contributed by atoms with van der Waals surface area (Å²) in [6.45, 7) is 11.3. The van der Waals surface area contributed by atoms with Crippen LogP contribution in [0, 0.1) is 13.8 Å². The highest BCUT2D eigenvalue weighted by molar-refractivity contribution is 8.00. The Kier molecular flexibility index (Phi) is 8.47. The van der Waals surface area contributed by atoms with Gasteiger partial charge in [-0.15, -0.1) is 0 Å². The number of sulfonamides is 1. The van der Waals surface area contributed by atoms with Crippen LogP contribution in [-0.2, 0) is 14.8 Å². The molecule has 7 heteroatoms. The fourth-order valence-corrected chi connectivity index (χ4v) is 4.37. The summed E-state index contributed by atoms with van der Waals surface area (Å²) in [5, 5.41) is 2.90. The molecule has 0 unspecified atom stereocenters. The molecular formula is C19H32N2O3S2. The first-order valence-electron chi connectivity index (χ1n) is 8.85. The monoisotopic (exact) mass is 400 g/mol. The van der Waals surface area contributed by atoms with Crippen molar-refractivity contribution < 1.29 is 13.2 Å². The largest absolute Gasteiger partial charge is 0.355 e. The van der Waals surface area contributed by atoms with E-state index in [0.717, 1.165) is 16.9 Å². The molecule has 148 valence electrons. The standard InChI is InChI=1S/C19H32N2O3S2/c1-15-12-16(2)14-17(13-15)21(26(6,23)24)10-7-8-18(22)20-9-11-25-19(3,4)5/h12-14H,7-11H2,1-6H3,(H,20,22). The summed E-state index contributed by atoms with van der Waals surface area (Å²) in [6.07, 6.45) is 2.00. The molecule has 0 spiro atoms. The Hall–Kier alpha value is -1.21. The maximum atomic E-state index is 12.2. The van der Waals surface area contributed by atoms with Crippen molar-refractivity contribution in [3.63, 3.8) is 0 Å². The summed E-state index contributed by atoms with van der Waals surface area (Å²) in [6, 6.07) is 5.72. The van der Waals surface area contributed by atoms with Crippen LogP contribution in [0.4, 0.5) is 5.69 Å². The van der Waals surface area contributed by atoms with E-state index in [1.54, 1.807) is 11.8 Å². The molecule has 0 aliphatic heterocycles. The van der Waals surface area contributed by atoms with Crippen LogP contribution < -0.4 is 9.62 Å². The number of carbonyl (C=O) groups is 1. The molecule has 1 rings (SSSR count). The predicted molar refractivity (Wildman–Crippen MR) is 113 cm³/mol. The maximum absolute atomic E-state index is 12.2. The van der Waals surface area contributed by atoms with Crippen LogP contribution in [0.5, 0.6) is 0 Å². The van der Waals surface area contributed by atoms with Crippen LogP contribution in [0.15, 0.2) is 18.2 Å². The average Bonchev–Trinajstić information content (AvgIpc) is 2.44. The van der Waals surface area contributed by atoms with Gasteiger partial charge in [-0.3, -0.25) is 9.10 Å². The number of nitrogens with zero attached hydrogens (tertiary/aromatic N) is 1. The van der Waals surface area contributed by atoms with Gasteiger partial charge in [0.15, 0.2) is 0 Å². The van der Waals surface area contributed by atoms with Gasteiger partial charge in [-0.2, -0.15) is 11.8 Å². The van der Waals surface area contributed by atoms with Gasteiger partial charge in [0.1, 0.15) is 0 Å². The van der Waals surface area contributed by atoms with Gasteiger partial charge in [0.2, 0.25) is 15.9 Å². The molecule has 0 saturated heterocycles. The van der Waals surface area contributed by atoms with Crippen molar-refractivity contribution in [3.8, 4) is 0 Å². The molecule has 0 aliphatic carbocycles. The Balaban J connectivity index is 2.54. The number of amides is 1. The molecule has 26 heavy (non-hydrogen) atoms. The van der Waals surface area contributed by atoms with Gasteiger partial charge in [-0.25, -0.2) is 8.42 Å². The third-order valence-corrected chi connectivity index (χ3v) is 6.09. The lowest BCUT2D eigenvalue weighted by Crippen LogP contribution is -2.32. The minimum atomic E-state index is -3.39. The van der Waals surface area contributed by atoms with E-state index in [4.69, 9.17) is 0 Å². The molecule has 0 fully saturated rings. The highest BCUT2D eigenvalue weighted by Gasteiger charge is 2.18. The van der Waals surface area contributed by atoms with Crippen molar-refractivity contribution >= 4 is 33.4 Å². The van der Waals surface area contributed by atoms with Gasteiger partial charge in [0.05, 0.1) is 11.9 Å². The van der Waals surface area contributed by atoms with Crippen molar-refractivity contribution in [1.29, 1.82) is 0 Å². The maximum Gasteiger partial charge on any atom is 0.232 e. The van der Waals surface area contributed by atoms with Gasteiger partial charge in [0, 0.05) is 30.0 Å². The van der Waals surface area contributed by atoms with Crippen LogP contribution in [0.25, 0.3) is 0 Å². The van der Waals surface area contributed by atoms with Crippen molar-refractivity contribution in [1.82, 2.24) is 5.32 Å². The summed E-state index contributed by atoms with van der Waals surface area (Å²) in [4.78, 5) is 12.0. The highest BCUT2D eigenvalue weighted by atomic mass is 32.2. The normalized spacial score (nSPS) is 12.1. The topological polar surface area (TPSA) is 66.5 Å². The fourth-order valence-electron chi connectivity index (χ4n) is 2.60. The first kappa shape index (κ1) is 22.8. The Labute approximate surface area is 163 Å². The van der Waals surface area contributed by atoms with Gasteiger partial charge in [-0.1, -0.05) is 26.8 Å². The highest BCUT2D eigenvalue weighted by Crippen LogP contribution is 2.23. The molecule has 0 saturated carbocycles. The van der Waals surface area contributed by atoms with Crippen LogP contribution in [0.1, 0.15) is 44.7 Å². The molecule has 0 atom stereocenters. The van der Waals surface area contributed by atoms with E-state index in [1.807, 2.05) is 32.0 Å². The number of anilines is 1. The van der Waals surface area contributed by atoms with Crippen LogP contribution in [0.3, 0.4) is 0 Å². The number of rotatable bonds is 9. The van der Waals surface area contributed by atoms with E-state index in [9.17, 15) is 13.2 Å². The lowest BCUT2D eigenvalue weighted by Gasteiger charge is -2.23. The molecule has 0 heterocycles. The van der Waals surface area contributed by atoms with Crippen molar-refractivity contribution in [3.05, 3.63) is 29.3 Å². The first-order valence-corrected chi connectivity index (χ1v) is 11.7. The molecule has 0 aromatic heterocycles. The van der Waals surface area contributed by atoms with Gasteiger partial charge in [-0.05, 0) is 43.5 Å². The number of thioether (sulfide) groups is 1. The van der Waals surface area contributed by atoms with E-state index in [1.165, 1.54) is 10.6 Å². The van der Waals surface area contributed by atoms with Gasteiger partial charge < -0.3 is 5.32 Å². The summed E-state index contributed by atoms with van der Waals surface area (Å²) >= 11 is 1.81. The van der Waals surface area contributed by atoms with Crippen molar-refractivity contribution in [2.45, 2.75) is 52.2 Å². The zero-order valence-corrected chi connectivity index (χ0v) is 18.4. The molecule has 0 radical (unpaired) electrons. The Bertz CT molecular complexity index is 690. The molecule has 0 bridgehead atoms. The molecule has 1 N–H and O–H groups in total. The Morgan fingerprint density at radius 1 is 1.15 bits per heavy atom. The number of benzene rings is 1. The number of carbonyl (C=O) groups excluding carboxylic acids is 1. The number of nitrogens with one attached hydrogen (secondary N) is 1. The lowest BCUT2D eigenvalue weighted by molar-refractivity contribution is -0.121. The number of hydrogen-bond acceptors (Lipinski definition) is 4. The first-order chi connectivity index (χ1) is 11.9. The fraction of sp³-hybridized carbons (Fsp3) is 0.632. The van der Waals surface area contributed by atoms with Crippen molar-refractivity contribution in [2.24, 2.45) is 0 Å². The van der Waals surface area contributed by atoms with Crippen molar-refractivity contribution in [2.75, 3.05) is 29.4 Å². The second-order valence-electron chi connectivity index (χ2n) is 7.60. The Morgan fingerprint density at radius 2 is 1.73 bits per heavy atom. The third-order valence-electron chi connectivity index (χ3n) is 3.62. The average molecular weight is 401 g/mol. The van der Waals surface area contributed by atoms with Crippen LogP contribution >= 0.6 is 11.8 Å². The van der Waals surface area contributed by atoms with E-state index < -0.39 is 10.0 Å². The molecular weight excluding hydrogens is 368 g/mol. The smallest absolute Gasteiger partial charge is 0.232 e. The second-order valence-corrected chi connectivity index (χ2v) is 11.4. The zero-order chi connectivity index (χ0) is 20.0. The molecule has 1 aromatic rings. The molecule has 5 nitrogen and oxygen atoms in total. The van der Waals surface area contributed by atoms with E-state index in [2.05, 4.69) is 26.1 Å². The van der Waals surface area contributed by atoms with Crippen LogP contribution in [-0.4, -0.2) is 44.2 Å². The molecule has 1 aromatic carbocycles.